The number of fused-ring (bicyclic) bond motifs is 5. The highest BCUT2D eigenvalue weighted by molar-refractivity contribution is 5.55. The summed E-state index contributed by atoms with van der Waals surface area (Å²) in [6.45, 7) is 3.16. The molecule has 6 heteroatoms. The van der Waals surface area contributed by atoms with E-state index in [-0.39, 0.29) is 0 Å². The molecule has 27 heavy (non-hydrogen) atoms. The van der Waals surface area contributed by atoms with Crippen molar-refractivity contribution in [2.75, 3.05) is 33.6 Å². The molecule has 0 bridgehead atoms. The van der Waals surface area contributed by atoms with Crippen LogP contribution in [0.25, 0.3) is 0 Å². The largest absolute Gasteiger partial charge is 0.493 e. The molecule has 3 aliphatic rings. The average Bonchev–Trinajstić information content (AvgIpc) is 3.16. The van der Waals surface area contributed by atoms with Crippen LogP contribution in [-0.2, 0) is 19.4 Å². The van der Waals surface area contributed by atoms with E-state index in [2.05, 4.69) is 23.1 Å². The van der Waals surface area contributed by atoms with Gasteiger partial charge < -0.3 is 24.7 Å². The van der Waals surface area contributed by atoms with Crippen molar-refractivity contribution in [3.8, 4) is 23.0 Å². The highest BCUT2D eigenvalue weighted by Gasteiger charge is 2.35. The molecule has 0 spiro atoms. The minimum Gasteiger partial charge on any atom is -0.493 e. The van der Waals surface area contributed by atoms with Gasteiger partial charge >= 0.3 is 0 Å². The van der Waals surface area contributed by atoms with Gasteiger partial charge in [0.25, 0.3) is 0 Å². The van der Waals surface area contributed by atoms with Crippen LogP contribution < -0.4 is 24.7 Å². The van der Waals surface area contributed by atoms with Crippen molar-refractivity contribution in [2.24, 2.45) is 5.73 Å². The molecule has 2 aromatic rings. The predicted molar refractivity (Wildman–Crippen MR) is 101 cm³/mol. The highest BCUT2D eigenvalue weighted by Crippen LogP contribution is 2.46. The van der Waals surface area contributed by atoms with Gasteiger partial charge in [-0.25, -0.2) is 0 Å². The highest BCUT2D eigenvalue weighted by atomic mass is 16.7. The van der Waals surface area contributed by atoms with Gasteiger partial charge in [-0.05, 0) is 47.7 Å². The van der Waals surface area contributed by atoms with Gasteiger partial charge in [0.2, 0.25) is 6.79 Å². The van der Waals surface area contributed by atoms with E-state index in [0.29, 0.717) is 26.0 Å². The first-order valence-electron chi connectivity index (χ1n) is 9.46. The summed E-state index contributed by atoms with van der Waals surface area (Å²) >= 11 is 0. The number of nitrogens with zero attached hydrogens (tertiary/aromatic N) is 1. The summed E-state index contributed by atoms with van der Waals surface area (Å²) < 4.78 is 22.7. The third-order valence-corrected chi connectivity index (χ3v) is 5.78. The van der Waals surface area contributed by atoms with E-state index in [0.717, 1.165) is 48.9 Å². The van der Waals surface area contributed by atoms with Crippen molar-refractivity contribution in [1.29, 1.82) is 0 Å². The summed E-state index contributed by atoms with van der Waals surface area (Å²) in [5.74, 6) is 3.36. The molecule has 2 aromatic carbocycles. The van der Waals surface area contributed by atoms with Crippen LogP contribution in [-0.4, -0.2) is 38.5 Å². The van der Waals surface area contributed by atoms with Crippen LogP contribution in [0.5, 0.6) is 23.0 Å². The Kier molecular flexibility index (Phi) is 4.10. The fourth-order valence-electron chi connectivity index (χ4n) is 4.47. The Morgan fingerprint density at radius 3 is 2.85 bits per heavy atom. The van der Waals surface area contributed by atoms with Crippen molar-refractivity contribution in [3.63, 3.8) is 0 Å². The molecular formula is C21H24N2O4. The quantitative estimate of drug-likeness (QED) is 0.894. The maximum Gasteiger partial charge on any atom is 0.231 e. The summed E-state index contributed by atoms with van der Waals surface area (Å²) in [6, 6.07) is 8.86. The van der Waals surface area contributed by atoms with Crippen molar-refractivity contribution in [2.45, 2.75) is 25.4 Å². The monoisotopic (exact) mass is 368 g/mol. The molecule has 1 unspecified atom stereocenters. The fraction of sp³-hybridized carbons (Fsp3) is 0.429. The van der Waals surface area contributed by atoms with Crippen LogP contribution >= 0.6 is 0 Å². The molecule has 0 aliphatic carbocycles. The third kappa shape index (κ3) is 2.71. The van der Waals surface area contributed by atoms with Crippen molar-refractivity contribution in [3.05, 3.63) is 46.5 Å². The third-order valence-electron chi connectivity index (χ3n) is 5.78. The van der Waals surface area contributed by atoms with Crippen molar-refractivity contribution >= 4 is 0 Å². The summed E-state index contributed by atoms with van der Waals surface area (Å²) in [5.41, 5.74) is 10.9. The first kappa shape index (κ1) is 16.7. The van der Waals surface area contributed by atoms with Crippen LogP contribution in [0.3, 0.4) is 0 Å². The molecular weight excluding hydrogens is 344 g/mol. The lowest BCUT2D eigenvalue weighted by molar-refractivity contribution is 0.156. The van der Waals surface area contributed by atoms with Gasteiger partial charge in [-0.3, -0.25) is 4.90 Å². The standard InChI is InChI=1S/C21H24N2O4/c1-24-18-3-2-13-8-17-15-10-20-19(26-12-27-20)9-14(15)4-6-23(17)11-16(13)21(18)25-7-5-22/h2-3,9-10,17H,4-8,11-12,22H2,1H3. The molecule has 6 nitrogen and oxygen atoms in total. The lowest BCUT2D eigenvalue weighted by atomic mass is 9.83. The molecule has 0 saturated carbocycles. The minimum absolute atomic E-state index is 0.317. The Hall–Kier alpha value is -2.44. The van der Waals surface area contributed by atoms with Crippen LogP contribution in [0.4, 0.5) is 0 Å². The first-order valence-corrected chi connectivity index (χ1v) is 9.46. The van der Waals surface area contributed by atoms with E-state index in [1.165, 1.54) is 22.3 Å². The van der Waals surface area contributed by atoms with Crippen LogP contribution in [0.15, 0.2) is 24.3 Å². The first-order chi connectivity index (χ1) is 13.3. The molecule has 0 amide bonds. The van der Waals surface area contributed by atoms with Crippen molar-refractivity contribution in [1.82, 2.24) is 4.90 Å². The molecule has 3 aliphatic heterocycles. The van der Waals surface area contributed by atoms with Crippen LogP contribution in [0.2, 0.25) is 0 Å². The van der Waals surface area contributed by atoms with Gasteiger partial charge in [-0.1, -0.05) is 6.07 Å². The summed E-state index contributed by atoms with van der Waals surface area (Å²) in [7, 11) is 1.68. The zero-order chi connectivity index (χ0) is 18.4. The zero-order valence-electron chi connectivity index (χ0n) is 15.5. The maximum atomic E-state index is 5.97. The number of hydrogen-bond donors (Lipinski definition) is 1. The minimum atomic E-state index is 0.317. The average molecular weight is 368 g/mol. The summed E-state index contributed by atoms with van der Waals surface area (Å²) in [6.07, 6.45) is 1.96. The Morgan fingerprint density at radius 1 is 1.19 bits per heavy atom. The van der Waals surface area contributed by atoms with Crippen LogP contribution in [0.1, 0.15) is 28.3 Å². The second kappa shape index (κ2) is 6.62. The Bertz CT molecular complexity index is 883. The number of ether oxygens (including phenoxy) is 4. The molecule has 0 fully saturated rings. The molecule has 142 valence electrons. The van der Waals surface area contributed by atoms with Crippen molar-refractivity contribution < 1.29 is 18.9 Å². The number of benzene rings is 2. The van der Waals surface area contributed by atoms with E-state index in [1.54, 1.807) is 7.11 Å². The smallest absolute Gasteiger partial charge is 0.231 e. The van der Waals surface area contributed by atoms with Crippen LogP contribution in [0, 0.1) is 0 Å². The van der Waals surface area contributed by atoms with Gasteiger partial charge in [-0.2, -0.15) is 0 Å². The molecule has 0 radical (unpaired) electrons. The number of methoxy groups -OCH3 is 1. The fourth-order valence-corrected chi connectivity index (χ4v) is 4.47. The lowest BCUT2D eigenvalue weighted by Crippen LogP contribution is -2.39. The number of nitrogens with two attached hydrogens (primary N) is 1. The molecule has 2 N–H and O–H groups in total. The van der Waals surface area contributed by atoms with Gasteiger partial charge in [-0.15, -0.1) is 0 Å². The Balaban J connectivity index is 1.53. The Morgan fingerprint density at radius 2 is 2.04 bits per heavy atom. The van der Waals surface area contributed by atoms with E-state index in [4.69, 9.17) is 24.7 Å². The number of rotatable bonds is 4. The van der Waals surface area contributed by atoms with Gasteiger partial charge in [0.1, 0.15) is 6.61 Å². The van der Waals surface area contributed by atoms with E-state index in [9.17, 15) is 0 Å². The predicted octanol–water partition coefficient (Wildman–Crippen LogP) is 2.42. The maximum absolute atomic E-state index is 5.97. The SMILES string of the molecule is COc1ccc2c(c1OCCN)CN1CCc3cc4c(cc3C1C2)OCO4. The second-order valence-electron chi connectivity index (χ2n) is 7.22. The second-order valence-corrected chi connectivity index (χ2v) is 7.22. The van der Waals surface area contributed by atoms with E-state index in [1.807, 2.05) is 6.07 Å². The zero-order valence-corrected chi connectivity index (χ0v) is 15.5. The molecule has 0 aromatic heterocycles. The Labute approximate surface area is 158 Å². The number of hydrogen-bond acceptors (Lipinski definition) is 6. The molecule has 3 heterocycles. The lowest BCUT2D eigenvalue weighted by Gasteiger charge is -2.42. The van der Waals surface area contributed by atoms with E-state index >= 15 is 0 Å². The normalized spacial score (nSPS) is 19.9. The summed E-state index contributed by atoms with van der Waals surface area (Å²) in [5, 5.41) is 0. The van der Waals surface area contributed by atoms with Gasteiger partial charge in [0, 0.05) is 31.2 Å². The molecule has 0 saturated heterocycles. The molecule has 1 atom stereocenters. The van der Waals surface area contributed by atoms with Gasteiger partial charge in [0.15, 0.2) is 23.0 Å². The summed E-state index contributed by atoms with van der Waals surface area (Å²) in [4.78, 5) is 2.53. The van der Waals surface area contributed by atoms with E-state index < -0.39 is 0 Å². The van der Waals surface area contributed by atoms with Gasteiger partial charge in [0.05, 0.1) is 7.11 Å². The topological polar surface area (TPSA) is 66.2 Å². The molecule has 5 rings (SSSR count).